The van der Waals surface area contributed by atoms with Gasteiger partial charge in [0, 0.05) is 56.3 Å². The number of aromatic nitrogens is 3. The third kappa shape index (κ3) is 9.00. The first-order valence-corrected chi connectivity index (χ1v) is 14.7. The number of nitrogens with zero attached hydrogens (tertiary/aromatic N) is 6. The molecule has 232 valence electrons. The fraction of sp³-hybridized carbons (Fsp3) is 0.483. The SMILES string of the molecule is CC(C)CN(C)Cc1sc(CC(=O)c2cnc(N3CCN(CCC(=O)O)CC3)cn2)nc1-c1cc(F)cc(C(F)(F)F)c1. The molecule has 9 nitrogen and oxygen atoms in total. The summed E-state index contributed by atoms with van der Waals surface area (Å²) in [5.74, 6) is -1.25. The Balaban J connectivity index is 1.50. The number of carbonyl (C=O) groups is 2. The minimum absolute atomic E-state index is 0.00224. The number of carboxylic acid groups (broad SMARTS) is 1. The molecule has 0 bridgehead atoms. The van der Waals surface area contributed by atoms with Crippen molar-refractivity contribution in [3.63, 3.8) is 0 Å². The minimum Gasteiger partial charge on any atom is -0.481 e. The second kappa shape index (κ2) is 13.9. The summed E-state index contributed by atoms with van der Waals surface area (Å²) in [7, 11) is 1.88. The molecule has 0 spiro atoms. The minimum atomic E-state index is -4.72. The van der Waals surface area contributed by atoms with Crippen LogP contribution < -0.4 is 4.90 Å². The van der Waals surface area contributed by atoms with Crippen molar-refractivity contribution in [1.29, 1.82) is 0 Å². The highest BCUT2D eigenvalue weighted by Gasteiger charge is 2.32. The summed E-state index contributed by atoms with van der Waals surface area (Å²) in [6.45, 7) is 8.34. The zero-order valence-corrected chi connectivity index (χ0v) is 25.0. The second-order valence-electron chi connectivity index (χ2n) is 11.0. The van der Waals surface area contributed by atoms with Gasteiger partial charge in [-0.2, -0.15) is 13.2 Å². The number of anilines is 1. The van der Waals surface area contributed by atoms with Gasteiger partial charge in [-0.25, -0.2) is 19.3 Å². The molecular formula is C29H34F4N6O3S. The van der Waals surface area contributed by atoms with Gasteiger partial charge >= 0.3 is 12.1 Å². The predicted octanol–water partition coefficient (Wildman–Crippen LogP) is 4.87. The van der Waals surface area contributed by atoms with Gasteiger partial charge in [-0.05, 0) is 31.2 Å². The number of hydrogen-bond acceptors (Lipinski definition) is 9. The number of halogens is 4. The summed E-state index contributed by atoms with van der Waals surface area (Å²) in [6, 6.07) is 2.36. The molecule has 1 N–H and O–H groups in total. The van der Waals surface area contributed by atoms with Crippen LogP contribution in [0.2, 0.25) is 0 Å². The number of thiazole rings is 1. The Morgan fingerprint density at radius 3 is 2.42 bits per heavy atom. The standard InChI is InChI=1S/C29H34F4N6O3S/c1-18(2)16-37(3)17-24-28(19-10-20(29(31,32)33)12-21(30)11-19)36-26(43-24)13-23(40)22-14-35-25(15-34-22)39-8-6-38(7-9-39)5-4-27(41)42/h10-12,14-15,18H,4-9,13,16-17H2,1-3H3,(H,41,42). The molecule has 4 rings (SSSR count). The number of piperazine rings is 1. The normalized spacial score (nSPS) is 14.6. The van der Waals surface area contributed by atoms with Crippen LogP contribution in [0.25, 0.3) is 11.3 Å². The molecule has 1 aliphatic rings. The Labute approximate surface area is 251 Å². The molecule has 1 fully saturated rings. The number of carboxylic acids is 1. The van der Waals surface area contributed by atoms with Gasteiger partial charge in [0.25, 0.3) is 0 Å². The van der Waals surface area contributed by atoms with Gasteiger partial charge in [-0.3, -0.25) is 14.5 Å². The lowest BCUT2D eigenvalue weighted by Crippen LogP contribution is -2.47. The van der Waals surface area contributed by atoms with E-state index in [0.29, 0.717) is 67.0 Å². The van der Waals surface area contributed by atoms with Gasteiger partial charge in [0.2, 0.25) is 0 Å². The second-order valence-corrected chi connectivity index (χ2v) is 12.2. The summed E-state index contributed by atoms with van der Waals surface area (Å²) in [6.07, 6.45) is -1.86. The van der Waals surface area contributed by atoms with E-state index in [1.807, 2.05) is 30.7 Å². The van der Waals surface area contributed by atoms with E-state index in [-0.39, 0.29) is 35.6 Å². The topological polar surface area (TPSA) is 103 Å². The summed E-state index contributed by atoms with van der Waals surface area (Å²) >= 11 is 1.21. The number of benzene rings is 1. The van der Waals surface area contributed by atoms with Crippen LogP contribution in [0, 0.1) is 11.7 Å². The number of ketones is 1. The van der Waals surface area contributed by atoms with Crippen LogP contribution in [0.1, 0.15) is 46.2 Å². The largest absolute Gasteiger partial charge is 0.481 e. The highest BCUT2D eigenvalue weighted by atomic mass is 32.1. The molecule has 14 heteroatoms. The highest BCUT2D eigenvalue weighted by molar-refractivity contribution is 7.12. The molecule has 1 saturated heterocycles. The zero-order chi connectivity index (χ0) is 31.3. The van der Waals surface area contributed by atoms with Crippen LogP contribution in [0.3, 0.4) is 0 Å². The zero-order valence-electron chi connectivity index (χ0n) is 24.2. The van der Waals surface area contributed by atoms with Crippen LogP contribution in [0.4, 0.5) is 23.4 Å². The summed E-state index contributed by atoms with van der Waals surface area (Å²) in [5.41, 5.74) is -0.754. The maximum absolute atomic E-state index is 14.3. The molecule has 1 aromatic carbocycles. The summed E-state index contributed by atoms with van der Waals surface area (Å²) in [4.78, 5) is 43.8. The van der Waals surface area contributed by atoms with E-state index in [9.17, 15) is 27.2 Å². The monoisotopic (exact) mass is 622 g/mol. The number of carbonyl (C=O) groups excluding carboxylic acids is 1. The van der Waals surface area contributed by atoms with Crippen molar-refractivity contribution in [2.75, 3.05) is 51.2 Å². The third-order valence-corrected chi connectivity index (χ3v) is 7.94. The van der Waals surface area contributed by atoms with Crippen LogP contribution >= 0.6 is 11.3 Å². The van der Waals surface area contributed by atoms with Crippen LogP contribution in [-0.2, 0) is 23.9 Å². The number of aliphatic carboxylic acids is 1. The molecule has 3 aromatic rings. The van der Waals surface area contributed by atoms with E-state index in [2.05, 4.69) is 19.9 Å². The maximum atomic E-state index is 14.3. The fourth-order valence-corrected chi connectivity index (χ4v) is 6.11. The number of Topliss-reactive ketones (excluding diaryl/α,β-unsaturated/α-hetero) is 1. The van der Waals surface area contributed by atoms with Crippen molar-refractivity contribution in [1.82, 2.24) is 24.8 Å². The lowest BCUT2D eigenvalue weighted by molar-refractivity contribution is -0.138. The van der Waals surface area contributed by atoms with Crippen molar-refractivity contribution in [3.8, 4) is 11.3 Å². The van der Waals surface area contributed by atoms with E-state index in [1.165, 1.54) is 23.7 Å². The smallest absolute Gasteiger partial charge is 0.416 e. The first-order valence-electron chi connectivity index (χ1n) is 13.9. The number of alkyl halides is 3. The third-order valence-electron chi connectivity index (χ3n) is 6.90. The Kier molecular flexibility index (Phi) is 10.5. The van der Waals surface area contributed by atoms with Crippen molar-refractivity contribution < 1.29 is 32.3 Å². The molecule has 0 unspecified atom stereocenters. The Morgan fingerprint density at radius 1 is 1.09 bits per heavy atom. The maximum Gasteiger partial charge on any atom is 0.416 e. The average molecular weight is 623 g/mol. The molecule has 1 aliphatic heterocycles. The first-order chi connectivity index (χ1) is 20.3. The molecular weight excluding hydrogens is 588 g/mol. The van der Waals surface area contributed by atoms with Crippen LogP contribution in [0.15, 0.2) is 30.6 Å². The molecule has 0 saturated carbocycles. The Morgan fingerprint density at radius 2 is 1.81 bits per heavy atom. The average Bonchev–Trinajstić information content (AvgIpc) is 3.32. The lowest BCUT2D eigenvalue weighted by atomic mass is 10.1. The number of rotatable bonds is 12. The van der Waals surface area contributed by atoms with Gasteiger partial charge in [-0.1, -0.05) is 13.8 Å². The summed E-state index contributed by atoms with van der Waals surface area (Å²) in [5, 5.41) is 9.26. The fourth-order valence-electron chi connectivity index (χ4n) is 4.94. The molecule has 2 aromatic heterocycles. The predicted molar refractivity (Wildman–Crippen MR) is 155 cm³/mol. The Hall–Kier alpha value is -3.49. The van der Waals surface area contributed by atoms with Gasteiger partial charge in [0.1, 0.15) is 22.3 Å². The molecule has 0 radical (unpaired) electrons. The van der Waals surface area contributed by atoms with Crippen molar-refractivity contribution in [2.45, 2.75) is 39.4 Å². The van der Waals surface area contributed by atoms with Crippen molar-refractivity contribution >= 4 is 28.9 Å². The van der Waals surface area contributed by atoms with Crippen LogP contribution in [0.5, 0.6) is 0 Å². The van der Waals surface area contributed by atoms with Crippen molar-refractivity contribution in [3.05, 3.63) is 57.6 Å². The molecule has 0 atom stereocenters. The highest BCUT2D eigenvalue weighted by Crippen LogP contribution is 2.36. The van der Waals surface area contributed by atoms with E-state index in [1.54, 1.807) is 0 Å². The lowest BCUT2D eigenvalue weighted by Gasteiger charge is -2.34. The molecule has 3 heterocycles. The van der Waals surface area contributed by atoms with E-state index in [0.717, 1.165) is 18.7 Å². The van der Waals surface area contributed by atoms with Gasteiger partial charge < -0.3 is 14.9 Å². The van der Waals surface area contributed by atoms with Gasteiger partial charge in [0.05, 0.1) is 36.5 Å². The van der Waals surface area contributed by atoms with Gasteiger partial charge in [0.15, 0.2) is 5.78 Å². The molecule has 43 heavy (non-hydrogen) atoms. The Bertz CT molecular complexity index is 1420. The van der Waals surface area contributed by atoms with E-state index >= 15 is 0 Å². The van der Waals surface area contributed by atoms with E-state index in [4.69, 9.17) is 5.11 Å². The van der Waals surface area contributed by atoms with Gasteiger partial charge in [-0.15, -0.1) is 11.3 Å². The molecule has 0 aliphatic carbocycles. The quantitative estimate of drug-likeness (QED) is 0.224. The van der Waals surface area contributed by atoms with Crippen LogP contribution in [-0.4, -0.2) is 87.9 Å². The molecule has 0 amide bonds. The van der Waals surface area contributed by atoms with E-state index < -0.39 is 23.5 Å². The number of hydrogen-bond donors (Lipinski definition) is 1. The van der Waals surface area contributed by atoms with Crippen molar-refractivity contribution in [2.24, 2.45) is 5.92 Å². The first kappa shape index (κ1) is 32.4. The summed E-state index contributed by atoms with van der Waals surface area (Å²) < 4.78 is 54.6.